The zero-order valence-corrected chi connectivity index (χ0v) is 15.0. The van der Waals surface area contributed by atoms with Crippen LogP contribution in [-0.4, -0.2) is 36.3 Å². The van der Waals surface area contributed by atoms with Gasteiger partial charge >= 0.3 is 5.97 Å². The molecule has 2 rings (SSSR count). The van der Waals surface area contributed by atoms with Crippen LogP contribution < -0.4 is 10.1 Å². The summed E-state index contributed by atoms with van der Waals surface area (Å²) in [6.07, 6.45) is -0.408. The van der Waals surface area contributed by atoms with E-state index < -0.39 is 23.4 Å². The summed E-state index contributed by atoms with van der Waals surface area (Å²) < 4.78 is 9.87. The highest BCUT2D eigenvalue weighted by molar-refractivity contribution is 5.98. The second-order valence-corrected chi connectivity index (χ2v) is 5.67. The number of carbonyl (C=O) groups is 3. The van der Waals surface area contributed by atoms with Crippen LogP contribution in [0.2, 0.25) is 0 Å². The third-order valence-corrected chi connectivity index (χ3v) is 3.67. The number of hydrogen-bond donors (Lipinski definition) is 1. The number of nitro groups is 1. The Hall–Kier alpha value is -3.75. The lowest BCUT2D eigenvalue weighted by Gasteiger charge is -2.06. The van der Waals surface area contributed by atoms with Crippen LogP contribution in [0.25, 0.3) is 0 Å². The fraction of sp³-hybridized carbons (Fsp3) is 0.211. The van der Waals surface area contributed by atoms with Crippen molar-refractivity contribution in [2.24, 2.45) is 0 Å². The molecule has 1 N–H and O–H groups in total. The Bertz CT molecular complexity index is 878. The van der Waals surface area contributed by atoms with Crippen LogP contribution in [0.3, 0.4) is 0 Å². The molecule has 0 fully saturated rings. The molecular formula is C19H18N2O7. The van der Waals surface area contributed by atoms with E-state index in [1.165, 1.54) is 31.4 Å². The summed E-state index contributed by atoms with van der Waals surface area (Å²) in [6, 6.07) is 11.8. The smallest absolute Gasteiger partial charge is 0.306 e. The van der Waals surface area contributed by atoms with Crippen molar-refractivity contribution in [1.29, 1.82) is 0 Å². The first-order valence-electron chi connectivity index (χ1n) is 8.26. The van der Waals surface area contributed by atoms with Crippen molar-refractivity contribution in [3.05, 3.63) is 64.2 Å². The minimum absolute atomic E-state index is 0.158. The number of carbonyl (C=O) groups excluding carboxylic acids is 3. The quantitative estimate of drug-likeness (QED) is 0.304. The summed E-state index contributed by atoms with van der Waals surface area (Å²) in [5, 5.41) is 13.2. The summed E-state index contributed by atoms with van der Waals surface area (Å²) in [4.78, 5) is 45.7. The minimum atomic E-state index is -0.698. The average Bonchev–Trinajstić information content (AvgIpc) is 2.70. The molecule has 0 aliphatic rings. The van der Waals surface area contributed by atoms with Gasteiger partial charge in [-0.25, -0.2) is 0 Å². The van der Waals surface area contributed by atoms with Crippen LogP contribution in [0.4, 0.5) is 11.4 Å². The molecule has 1 amide bonds. The van der Waals surface area contributed by atoms with Crippen LogP contribution in [0, 0.1) is 10.1 Å². The Labute approximate surface area is 160 Å². The number of methoxy groups -OCH3 is 1. The molecule has 0 spiro atoms. The van der Waals surface area contributed by atoms with Crippen molar-refractivity contribution in [1.82, 2.24) is 0 Å². The van der Waals surface area contributed by atoms with E-state index in [-0.39, 0.29) is 30.0 Å². The van der Waals surface area contributed by atoms with Crippen LogP contribution in [0.1, 0.15) is 23.2 Å². The number of nitrogens with zero attached hydrogens (tertiary/aromatic N) is 1. The number of amides is 1. The highest BCUT2D eigenvalue weighted by Gasteiger charge is 2.13. The maximum Gasteiger partial charge on any atom is 0.306 e. The van der Waals surface area contributed by atoms with Crippen molar-refractivity contribution in [3.8, 4) is 5.75 Å². The van der Waals surface area contributed by atoms with E-state index >= 15 is 0 Å². The van der Waals surface area contributed by atoms with E-state index in [1.807, 2.05) is 0 Å². The Morgan fingerprint density at radius 3 is 2.43 bits per heavy atom. The van der Waals surface area contributed by atoms with Gasteiger partial charge in [-0.1, -0.05) is 6.07 Å². The molecule has 9 heteroatoms. The van der Waals surface area contributed by atoms with Gasteiger partial charge in [-0.05, 0) is 30.3 Å². The van der Waals surface area contributed by atoms with Gasteiger partial charge in [0.1, 0.15) is 5.75 Å². The second-order valence-electron chi connectivity index (χ2n) is 5.67. The summed E-state index contributed by atoms with van der Waals surface area (Å²) in [5.41, 5.74) is 0.466. The molecule has 0 aliphatic carbocycles. The van der Waals surface area contributed by atoms with E-state index in [0.29, 0.717) is 11.3 Å². The average molecular weight is 386 g/mol. The number of ketones is 1. The van der Waals surface area contributed by atoms with Crippen LogP contribution in [0.5, 0.6) is 5.75 Å². The van der Waals surface area contributed by atoms with Crippen LogP contribution >= 0.6 is 0 Å². The predicted molar refractivity (Wildman–Crippen MR) is 99.2 cm³/mol. The first-order chi connectivity index (χ1) is 13.4. The first kappa shape index (κ1) is 20.6. The molecule has 0 atom stereocenters. The normalized spacial score (nSPS) is 10.0. The molecule has 9 nitrogen and oxygen atoms in total. The number of benzene rings is 2. The van der Waals surface area contributed by atoms with Gasteiger partial charge < -0.3 is 14.8 Å². The Kier molecular flexibility index (Phi) is 7.21. The SMILES string of the molecule is COc1ccc(C(=O)COC(=O)CCC(=O)Nc2cccc([N+](=O)[O-])c2)cc1. The molecule has 0 saturated carbocycles. The van der Waals surface area contributed by atoms with Gasteiger partial charge in [-0.15, -0.1) is 0 Å². The number of hydrogen-bond acceptors (Lipinski definition) is 7. The fourth-order valence-corrected chi connectivity index (χ4v) is 2.21. The van der Waals surface area contributed by atoms with Crippen molar-refractivity contribution < 1.29 is 28.8 Å². The number of Topliss-reactive ketones (excluding diaryl/α,β-unsaturated/α-hetero) is 1. The first-order valence-corrected chi connectivity index (χ1v) is 8.26. The molecule has 2 aromatic rings. The van der Waals surface area contributed by atoms with Gasteiger partial charge in [0.25, 0.3) is 5.69 Å². The minimum Gasteiger partial charge on any atom is -0.497 e. The van der Waals surface area contributed by atoms with E-state index in [2.05, 4.69) is 5.32 Å². The molecule has 0 heterocycles. The van der Waals surface area contributed by atoms with Crippen molar-refractivity contribution in [2.75, 3.05) is 19.0 Å². The lowest BCUT2D eigenvalue weighted by molar-refractivity contribution is -0.384. The molecule has 146 valence electrons. The number of nitrogens with one attached hydrogen (secondary N) is 1. The van der Waals surface area contributed by atoms with Gasteiger partial charge in [0.05, 0.1) is 18.5 Å². The van der Waals surface area contributed by atoms with Crippen molar-refractivity contribution in [3.63, 3.8) is 0 Å². The zero-order valence-electron chi connectivity index (χ0n) is 15.0. The Morgan fingerprint density at radius 2 is 1.79 bits per heavy atom. The van der Waals surface area contributed by atoms with E-state index in [0.717, 1.165) is 0 Å². The summed E-state index contributed by atoms with van der Waals surface area (Å²) in [6.45, 7) is -0.433. The van der Waals surface area contributed by atoms with Gasteiger partial charge in [0, 0.05) is 29.8 Å². The lowest BCUT2D eigenvalue weighted by atomic mass is 10.1. The van der Waals surface area contributed by atoms with Gasteiger partial charge in [-0.2, -0.15) is 0 Å². The van der Waals surface area contributed by atoms with Crippen molar-refractivity contribution in [2.45, 2.75) is 12.8 Å². The van der Waals surface area contributed by atoms with E-state index in [9.17, 15) is 24.5 Å². The molecule has 2 aromatic carbocycles. The number of non-ortho nitro benzene ring substituents is 1. The molecule has 0 saturated heterocycles. The molecule has 0 aromatic heterocycles. The molecule has 0 bridgehead atoms. The second kappa shape index (κ2) is 9.81. The highest BCUT2D eigenvalue weighted by atomic mass is 16.6. The van der Waals surface area contributed by atoms with Gasteiger partial charge in [0.2, 0.25) is 5.91 Å². The number of esters is 1. The lowest BCUT2D eigenvalue weighted by Crippen LogP contribution is -2.17. The number of rotatable bonds is 9. The van der Waals surface area contributed by atoms with E-state index in [4.69, 9.17) is 9.47 Å². The zero-order chi connectivity index (χ0) is 20.5. The maximum atomic E-state index is 12.0. The molecule has 0 radical (unpaired) electrons. The fourth-order valence-electron chi connectivity index (χ4n) is 2.21. The number of anilines is 1. The largest absolute Gasteiger partial charge is 0.497 e. The maximum absolute atomic E-state index is 12.0. The predicted octanol–water partition coefficient (Wildman–Crippen LogP) is 2.75. The molecular weight excluding hydrogens is 368 g/mol. The summed E-state index contributed by atoms with van der Waals surface area (Å²) >= 11 is 0. The van der Waals surface area contributed by atoms with Gasteiger partial charge in [-0.3, -0.25) is 24.5 Å². The number of nitro benzene ring substituents is 1. The summed E-state index contributed by atoms with van der Waals surface area (Å²) in [5.74, 6) is -0.977. The Morgan fingerprint density at radius 1 is 1.07 bits per heavy atom. The monoisotopic (exact) mass is 386 g/mol. The van der Waals surface area contributed by atoms with Crippen LogP contribution in [0.15, 0.2) is 48.5 Å². The third kappa shape index (κ3) is 6.20. The highest BCUT2D eigenvalue weighted by Crippen LogP contribution is 2.17. The number of ether oxygens (including phenoxy) is 2. The van der Waals surface area contributed by atoms with Crippen LogP contribution in [-0.2, 0) is 14.3 Å². The van der Waals surface area contributed by atoms with E-state index in [1.54, 1.807) is 24.3 Å². The molecule has 0 aliphatic heterocycles. The van der Waals surface area contributed by atoms with Gasteiger partial charge in [0.15, 0.2) is 12.4 Å². The third-order valence-electron chi connectivity index (χ3n) is 3.67. The van der Waals surface area contributed by atoms with Crippen molar-refractivity contribution >= 4 is 29.0 Å². The summed E-state index contributed by atoms with van der Waals surface area (Å²) in [7, 11) is 1.51. The molecule has 28 heavy (non-hydrogen) atoms. The standard InChI is InChI=1S/C19H18N2O7/c1-27-16-7-5-13(6-8-16)17(22)12-28-19(24)10-9-18(23)20-14-3-2-4-15(11-14)21(25)26/h2-8,11H,9-10,12H2,1H3,(H,20,23). The molecule has 0 unspecified atom stereocenters. The Balaban J connectivity index is 1.75. The topological polar surface area (TPSA) is 125 Å².